The summed E-state index contributed by atoms with van der Waals surface area (Å²) < 4.78 is 35.1. The molecule has 0 bridgehead atoms. The number of esters is 1. The van der Waals surface area contributed by atoms with E-state index in [0.29, 0.717) is 30.0 Å². The van der Waals surface area contributed by atoms with Gasteiger partial charge >= 0.3 is 13.8 Å². The lowest BCUT2D eigenvalue weighted by molar-refractivity contribution is -0.870. The molecule has 0 heterocycles. The molecular formula is C43H89NO7P+. The van der Waals surface area contributed by atoms with E-state index in [4.69, 9.17) is 18.5 Å². The first-order chi connectivity index (χ1) is 25.0. The highest BCUT2D eigenvalue weighted by Crippen LogP contribution is 2.43. The smallest absolute Gasteiger partial charge is 0.457 e. The third-order valence-electron chi connectivity index (χ3n) is 10.1. The van der Waals surface area contributed by atoms with Crippen LogP contribution < -0.4 is 0 Å². The van der Waals surface area contributed by atoms with E-state index >= 15 is 0 Å². The summed E-state index contributed by atoms with van der Waals surface area (Å²) in [5, 5.41) is 0. The van der Waals surface area contributed by atoms with E-state index in [1.165, 1.54) is 154 Å². The quantitative estimate of drug-likeness (QED) is 0.0287. The summed E-state index contributed by atoms with van der Waals surface area (Å²) in [4.78, 5) is 23.0. The summed E-state index contributed by atoms with van der Waals surface area (Å²) in [6.45, 7) is 7.87. The van der Waals surface area contributed by atoms with Crippen molar-refractivity contribution in [2.24, 2.45) is 5.92 Å². The van der Waals surface area contributed by atoms with Crippen LogP contribution in [0.15, 0.2) is 0 Å². The monoisotopic (exact) mass is 763 g/mol. The van der Waals surface area contributed by atoms with Crippen molar-refractivity contribution in [2.75, 3.05) is 54.1 Å². The number of ether oxygens (including phenoxy) is 2. The van der Waals surface area contributed by atoms with Crippen LogP contribution >= 0.6 is 7.82 Å². The van der Waals surface area contributed by atoms with Gasteiger partial charge in [-0.2, -0.15) is 0 Å². The van der Waals surface area contributed by atoms with Gasteiger partial charge in [0.25, 0.3) is 0 Å². The molecule has 0 rings (SSSR count). The number of carbonyl (C=O) groups is 1. The van der Waals surface area contributed by atoms with Crippen molar-refractivity contribution in [1.29, 1.82) is 0 Å². The number of phosphoric ester groups is 1. The highest BCUT2D eigenvalue weighted by Gasteiger charge is 2.26. The average molecular weight is 763 g/mol. The molecule has 0 aromatic rings. The second kappa shape index (κ2) is 36.2. The van der Waals surface area contributed by atoms with Crippen LogP contribution in [0.5, 0.6) is 0 Å². The molecule has 0 saturated carbocycles. The average Bonchev–Trinajstić information content (AvgIpc) is 3.09. The third-order valence-corrected chi connectivity index (χ3v) is 11.1. The largest absolute Gasteiger partial charge is 0.472 e. The molecule has 0 fully saturated rings. The maximum Gasteiger partial charge on any atom is 0.472 e. The SMILES string of the molecule is CCCCCCCCCCCCCCCCOC[C@H](COP(=O)(O)OCC[N+](C)(C)C)OC(=O)CCC(C)CCCCCCCCCCCCCC. The second-order valence-corrected chi connectivity index (χ2v) is 18.2. The molecule has 0 aromatic carbocycles. The van der Waals surface area contributed by atoms with Crippen molar-refractivity contribution in [3.8, 4) is 0 Å². The van der Waals surface area contributed by atoms with Gasteiger partial charge in [-0.05, 0) is 18.8 Å². The number of quaternary nitrogens is 1. The van der Waals surface area contributed by atoms with E-state index in [1.807, 2.05) is 21.1 Å². The number of hydrogen-bond acceptors (Lipinski definition) is 6. The lowest BCUT2D eigenvalue weighted by Crippen LogP contribution is -2.37. The van der Waals surface area contributed by atoms with E-state index in [1.54, 1.807) is 0 Å². The van der Waals surface area contributed by atoms with Gasteiger partial charge in [0.15, 0.2) is 0 Å². The Balaban J connectivity index is 4.31. The minimum absolute atomic E-state index is 0.0917. The van der Waals surface area contributed by atoms with Gasteiger partial charge in [-0.25, -0.2) is 4.57 Å². The van der Waals surface area contributed by atoms with Crippen LogP contribution in [0.2, 0.25) is 0 Å². The number of hydrogen-bond donors (Lipinski definition) is 1. The van der Waals surface area contributed by atoms with E-state index in [9.17, 15) is 14.3 Å². The molecule has 0 spiro atoms. The summed E-state index contributed by atoms with van der Waals surface area (Å²) in [7, 11) is 1.68. The minimum Gasteiger partial charge on any atom is -0.457 e. The fraction of sp³-hybridized carbons (Fsp3) is 0.977. The lowest BCUT2D eigenvalue weighted by atomic mass is 9.97. The van der Waals surface area contributed by atoms with Crippen LogP contribution in [0.25, 0.3) is 0 Å². The first-order valence-electron chi connectivity index (χ1n) is 22.2. The van der Waals surface area contributed by atoms with E-state index < -0.39 is 13.9 Å². The van der Waals surface area contributed by atoms with Gasteiger partial charge in [-0.3, -0.25) is 13.8 Å². The molecule has 0 radical (unpaired) electrons. The van der Waals surface area contributed by atoms with Gasteiger partial charge in [0.1, 0.15) is 19.3 Å². The van der Waals surface area contributed by atoms with Gasteiger partial charge in [0.2, 0.25) is 0 Å². The summed E-state index contributed by atoms with van der Waals surface area (Å²) in [5.41, 5.74) is 0. The molecule has 0 amide bonds. The first kappa shape index (κ1) is 51.5. The van der Waals surface area contributed by atoms with Crippen molar-refractivity contribution >= 4 is 13.8 Å². The highest BCUT2D eigenvalue weighted by molar-refractivity contribution is 7.47. The van der Waals surface area contributed by atoms with Crippen LogP contribution in [0.3, 0.4) is 0 Å². The number of nitrogens with zero attached hydrogens (tertiary/aromatic N) is 1. The number of phosphoric acid groups is 1. The predicted molar refractivity (Wildman–Crippen MR) is 220 cm³/mol. The Morgan fingerprint density at radius 1 is 0.577 bits per heavy atom. The number of carbonyl (C=O) groups excluding carboxylic acids is 1. The molecule has 0 aromatic heterocycles. The second-order valence-electron chi connectivity index (χ2n) is 16.7. The highest BCUT2D eigenvalue weighted by atomic mass is 31.2. The Morgan fingerprint density at radius 3 is 1.44 bits per heavy atom. The molecular weight excluding hydrogens is 673 g/mol. The molecule has 0 saturated heterocycles. The molecule has 0 aliphatic heterocycles. The van der Waals surface area contributed by atoms with E-state index in [0.717, 1.165) is 25.7 Å². The maximum atomic E-state index is 12.8. The summed E-state index contributed by atoms with van der Waals surface area (Å²) in [6, 6.07) is 0. The van der Waals surface area contributed by atoms with Crippen LogP contribution in [0.1, 0.15) is 207 Å². The van der Waals surface area contributed by atoms with Crippen LogP contribution in [-0.2, 0) is 27.9 Å². The number of unbranched alkanes of at least 4 members (excludes halogenated alkanes) is 24. The summed E-state index contributed by atoms with van der Waals surface area (Å²) in [5.74, 6) is 0.142. The van der Waals surface area contributed by atoms with Gasteiger partial charge in [-0.1, -0.05) is 188 Å². The van der Waals surface area contributed by atoms with Gasteiger partial charge in [-0.15, -0.1) is 0 Å². The third kappa shape index (κ3) is 39.2. The Kier molecular flexibility index (Phi) is 35.8. The van der Waals surface area contributed by atoms with E-state index in [2.05, 4.69) is 20.8 Å². The molecule has 3 atom stereocenters. The Hall–Kier alpha value is -0.500. The van der Waals surface area contributed by atoms with Crippen molar-refractivity contribution in [3.63, 3.8) is 0 Å². The van der Waals surface area contributed by atoms with Crippen molar-refractivity contribution in [1.82, 2.24) is 0 Å². The minimum atomic E-state index is -4.27. The number of rotatable bonds is 41. The van der Waals surface area contributed by atoms with Crippen LogP contribution in [-0.4, -0.2) is 75.6 Å². The zero-order chi connectivity index (χ0) is 38.6. The lowest BCUT2D eigenvalue weighted by Gasteiger charge is -2.24. The Labute approximate surface area is 323 Å². The molecule has 52 heavy (non-hydrogen) atoms. The molecule has 8 nitrogen and oxygen atoms in total. The fourth-order valence-corrected chi connectivity index (χ4v) is 7.20. The Morgan fingerprint density at radius 2 is 1.00 bits per heavy atom. The van der Waals surface area contributed by atoms with Crippen LogP contribution in [0, 0.1) is 5.92 Å². The summed E-state index contributed by atoms with van der Waals surface area (Å²) in [6.07, 6.45) is 35.8. The molecule has 9 heteroatoms. The van der Waals surface area contributed by atoms with Gasteiger partial charge < -0.3 is 18.9 Å². The number of likely N-dealkylation sites (N-methyl/N-ethyl adjacent to an activating group) is 1. The predicted octanol–water partition coefficient (Wildman–Crippen LogP) is 12.7. The Bertz CT molecular complexity index is 822. The van der Waals surface area contributed by atoms with Gasteiger partial charge in [0.05, 0.1) is 34.4 Å². The topological polar surface area (TPSA) is 91.3 Å². The van der Waals surface area contributed by atoms with Crippen molar-refractivity contribution in [2.45, 2.75) is 213 Å². The zero-order valence-corrected chi connectivity index (χ0v) is 36.4. The zero-order valence-electron chi connectivity index (χ0n) is 35.5. The first-order valence-corrected chi connectivity index (χ1v) is 23.7. The standard InChI is InChI=1S/C43H88NO7P/c1-7-9-11-13-15-17-19-21-22-24-26-28-30-32-37-48-39-42(40-50-52(46,47)49-38-36-44(4,5)6)51-43(45)35-34-41(3)33-31-29-27-25-23-20-18-16-14-12-10-8-2/h41-42H,7-40H2,1-6H3/p+1/t41?,42-/m1/s1. The summed E-state index contributed by atoms with van der Waals surface area (Å²) >= 11 is 0. The fourth-order valence-electron chi connectivity index (χ4n) is 6.46. The molecule has 312 valence electrons. The molecule has 0 aliphatic rings. The molecule has 1 N–H and O–H groups in total. The molecule has 2 unspecified atom stereocenters. The van der Waals surface area contributed by atoms with Crippen LogP contribution in [0.4, 0.5) is 0 Å². The maximum absolute atomic E-state index is 12.8. The normalized spacial score (nSPS) is 14.4. The van der Waals surface area contributed by atoms with E-state index in [-0.39, 0.29) is 25.8 Å². The molecule has 0 aliphatic carbocycles. The van der Waals surface area contributed by atoms with Crippen molar-refractivity contribution < 1.29 is 37.3 Å². The van der Waals surface area contributed by atoms with Gasteiger partial charge in [0, 0.05) is 13.0 Å². The van der Waals surface area contributed by atoms with Crippen molar-refractivity contribution in [3.05, 3.63) is 0 Å².